The van der Waals surface area contributed by atoms with Gasteiger partial charge in [0.1, 0.15) is 0 Å². The van der Waals surface area contributed by atoms with Crippen molar-refractivity contribution in [2.45, 2.75) is 13.8 Å². The smallest absolute Gasteiger partial charge is 0.258 e. The van der Waals surface area contributed by atoms with Gasteiger partial charge in [0.2, 0.25) is 5.82 Å². The molecule has 4 nitrogen and oxygen atoms in total. The standard InChI is InChI=1S/C19H15N3OS/c1-12-5-3-4-6-16(12)19-21-18(22-23-19)15-9-7-14(8-10-15)17-11-24-13(2)20-17/h3-11H,1-2H3. The molecule has 0 fully saturated rings. The van der Waals surface area contributed by atoms with Crippen LogP contribution in [0.5, 0.6) is 0 Å². The fourth-order valence-electron chi connectivity index (χ4n) is 2.55. The average Bonchev–Trinajstić information content (AvgIpc) is 3.25. The Morgan fingerprint density at radius 1 is 0.875 bits per heavy atom. The highest BCUT2D eigenvalue weighted by atomic mass is 32.1. The van der Waals surface area contributed by atoms with Crippen molar-refractivity contribution in [3.8, 4) is 34.1 Å². The lowest BCUT2D eigenvalue weighted by Crippen LogP contribution is -1.84. The van der Waals surface area contributed by atoms with Gasteiger partial charge in [-0.05, 0) is 25.5 Å². The normalized spacial score (nSPS) is 10.9. The molecule has 0 saturated heterocycles. The molecule has 2 heterocycles. The predicted molar refractivity (Wildman–Crippen MR) is 95.8 cm³/mol. The van der Waals surface area contributed by atoms with Gasteiger partial charge in [0.05, 0.1) is 10.7 Å². The molecule has 0 N–H and O–H groups in total. The van der Waals surface area contributed by atoms with Crippen LogP contribution in [0.2, 0.25) is 0 Å². The minimum absolute atomic E-state index is 0.544. The third kappa shape index (κ3) is 2.74. The summed E-state index contributed by atoms with van der Waals surface area (Å²) in [6.45, 7) is 4.04. The number of rotatable bonds is 3. The largest absolute Gasteiger partial charge is 0.334 e. The van der Waals surface area contributed by atoms with E-state index in [2.05, 4.69) is 20.5 Å². The van der Waals surface area contributed by atoms with Gasteiger partial charge in [-0.3, -0.25) is 0 Å². The monoisotopic (exact) mass is 333 g/mol. The van der Waals surface area contributed by atoms with Crippen molar-refractivity contribution in [2.75, 3.05) is 0 Å². The molecule has 0 unspecified atom stereocenters. The average molecular weight is 333 g/mol. The zero-order valence-corrected chi connectivity index (χ0v) is 14.2. The lowest BCUT2D eigenvalue weighted by molar-refractivity contribution is 0.432. The van der Waals surface area contributed by atoms with E-state index in [0.29, 0.717) is 11.7 Å². The van der Waals surface area contributed by atoms with E-state index in [9.17, 15) is 0 Å². The van der Waals surface area contributed by atoms with Crippen LogP contribution in [0.15, 0.2) is 58.4 Å². The van der Waals surface area contributed by atoms with Gasteiger partial charge in [-0.1, -0.05) is 47.6 Å². The van der Waals surface area contributed by atoms with E-state index in [-0.39, 0.29) is 0 Å². The first kappa shape index (κ1) is 14.8. The summed E-state index contributed by atoms with van der Waals surface area (Å²) in [4.78, 5) is 9.03. The minimum Gasteiger partial charge on any atom is -0.334 e. The van der Waals surface area contributed by atoms with E-state index in [0.717, 1.165) is 33.0 Å². The molecular formula is C19H15N3OS. The number of nitrogens with zero attached hydrogens (tertiary/aromatic N) is 3. The van der Waals surface area contributed by atoms with E-state index in [1.807, 2.05) is 62.4 Å². The van der Waals surface area contributed by atoms with Crippen LogP contribution in [0.1, 0.15) is 10.6 Å². The predicted octanol–water partition coefficient (Wildman–Crippen LogP) is 5.14. The molecular weight excluding hydrogens is 318 g/mol. The van der Waals surface area contributed by atoms with Gasteiger partial charge >= 0.3 is 0 Å². The van der Waals surface area contributed by atoms with Crippen molar-refractivity contribution in [3.63, 3.8) is 0 Å². The Balaban J connectivity index is 1.64. The van der Waals surface area contributed by atoms with Crippen molar-refractivity contribution in [1.82, 2.24) is 15.1 Å². The lowest BCUT2D eigenvalue weighted by atomic mass is 10.1. The molecule has 24 heavy (non-hydrogen) atoms. The van der Waals surface area contributed by atoms with Gasteiger partial charge in [0, 0.05) is 22.1 Å². The maximum atomic E-state index is 5.43. The molecule has 0 atom stereocenters. The van der Waals surface area contributed by atoms with Crippen LogP contribution >= 0.6 is 11.3 Å². The van der Waals surface area contributed by atoms with Gasteiger partial charge in [0.25, 0.3) is 5.89 Å². The number of hydrogen-bond donors (Lipinski definition) is 0. The second-order valence-corrected chi connectivity index (χ2v) is 6.63. The number of thiazole rings is 1. The minimum atomic E-state index is 0.544. The molecule has 118 valence electrons. The van der Waals surface area contributed by atoms with Crippen molar-refractivity contribution < 1.29 is 4.52 Å². The van der Waals surface area contributed by atoms with Crippen LogP contribution in [0.4, 0.5) is 0 Å². The zero-order valence-electron chi connectivity index (χ0n) is 13.4. The fourth-order valence-corrected chi connectivity index (χ4v) is 3.17. The Kier molecular flexibility index (Phi) is 3.70. The quantitative estimate of drug-likeness (QED) is 0.520. The summed E-state index contributed by atoms with van der Waals surface area (Å²) in [5.41, 5.74) is 5.09. The summed E-state index contributed by atoms with van der Waals surface area (Å²) in [7, 11) is 0. The Morgan fingerprint density at radius 2 is 1.62 bits per heavy atom. The fraction of sp³-hybridized carbons (Fsp3) is 0.105. The van der Waals surface area contributed by atoms with Gasteiger partial charge in [0.15, 0.2) is 0 Å². The maximum Gasteiger partial charge on any atom is 0.258 e. The first-order valence-corrected chi connectivity index (χ1v) is 8.51. The van der Waals surface area contributed by atoms with Crippen LogP contribution in [0, 0.1) is 13.8 Å². The molecule has 0 aliphatic rings. The van der Waals surface area contributed by atoms with E-state index >= 15 is 0 Å². The Hall–Kier alpha value is -2.79. The third-order valence-electron chi connectivity index (χ3n) is 3.86. The number of aromatic nitrogens is 3. The molecule has 0 amide bonds. The van der Waals surface area contributed by atoms with Crippen LogP contribution in [-0.2, 0) is 0 Å². The summed E-state index contributed by atoms with van der Waals surface area (Å²) in [5.74, 6) is 1.14. The number of aryl methyl sites for hydroxylation is 2. The van der Waals surface area contributed by atoms with E-state index < -0.39 is 0 Å². The molecule has 0 saturated carbocycles. The molecule has 0 aliphatic heterocycles. The van der Waals surface area contributed by atoms with Gasteiger partial charge < -0.3 is 4.52 Å². The molecule has 0 aliphatic carbocycles. The summed E-state index contributed by atoms with van der Waals surface area (Å²) in [5, 5.41) is 7.24. The van der Waals surface area contributed by atoms with Crippen LogP contribution < -0.4 is 0 Å². The first-order valence-electron chi connectivity index (χ1n) is 7.63. The van der Waals surface area contributed by atoms with Crippen molar-refractivity contribution in [2.24, 2.45) is 0 Å². The summed E-state index contributed by atoms with van der Waals surface area (Å²) < 4.78 is 5.43. The SMILES string of the molecule is Cc1nc(-c2ccc(-c3noc(-c4ccccc4C)n3)cc2)cs1. The zero-order chi connectivity index (χ0) is 16.5. The van der Waals surface area contributed by atoms with Gasteiger partial charge in [-0.2, -0.15) is 4.98 Å². The Labute approximate surface area is 143 Å². The highest BCUT2D eigenvalue weighted by molar-refractivity contribution is 7.09. The maximum absolute atomic E-state index is 5.43. The molecule has 5 heteroatoms. The second-order valence-electron chi connectivity index (χ2n) is 5.57. The number of hydrogen-bond acceptors (Lipinski definition) is 5. The van der Waals surface area contributed by atoms with E-state index in [1.165, 1.54) is 0 Å². The summed E-state index contributed by atoms with van der Waals surface area (Å²) >= 11 is 1.65. The Bertz CT molecular complexity index is 986. The third-order valence-corrected chi connectivity index (χ3v) is 4.63. The molecule has 4 aromatic rings. The molecule has 0 radical (unpaired) electrons. The van der Waals surface area contributed by atoms with Crippen LogP contribution in [-0.4, -0.2) is 15.1 Å². The van der Waals surface area contributed by atoms with Crippen LogP contribution in [0.3, 0.4) is 0 Å². The van der Waals surface area contributed by atoms with Crippen molar-refractivity contribution in [3.05, 3.63) is 64.5 Å². The van der Waals surface area contributed by atoms with Gasteiger partial charge in [-0.15, -0.1) is 11.3 Å². The van der Waals surface area contributed by atoms with Gasteiger partial charge in [-0.25, -0.2) is 4.98 Å². The van der Waals surface area contributed by atoms with Crippen LogP contribution in [0.25, 0.3) is 34.1 Å². The van der Waals surface area contributed by atoms with E-state index in [4.69, 9.17) is 4.52 Å². The molecule has 0 spiro atoms. The van der Waals surface area contributed by atoms with Crippen molar-refractivity contribution >= 4 is 11.3 Å². The highest BCUT2D eigenvalue weighted by Crippen LogP contribution is 2.27. The lowest BCUT2D eigenvalue weighted by Gasteiger charge is -1.99. The molecule has 2 aromatic heterocycles. The van der Waals surface area contributed by atoms with E-state index in [1.54, 1.807) is 11.3 Å². The number of benzene rings is 2. The molecule has 0 bridgehead atoms. The molecule has 2 aromatic carbocycles. The molecule has 4 rings (SSSR count). The summed E-state index contributed by atoms with van der Waals surface area (Å²) in [6, 6.07) is 16.0. The van der Waals surface area contributed by atoms with Crippen molar-refractivity contribution in [1.29, 1.82) is 0 Å². The Morgan fingerprint density at radius 3 is 2.33 bits per heavy atom. The summed E-state index contributed by atoms with van der Waals surface area (Å²) in [6.07, 6.45) is 0. The first-order chi connectivity index (χ1) is 11.7. The second kappa shape index (κ2) is 6.02. The topological polar surface area (TPSA) is 51.8 Å². The highest BCUT2D eigenvalue weighted by Gasteiger charge is 2.12.